The predicted molar refractivity (Wildman–Crippen MR) is 152 cm³/mol. The van der Waals surface area contributed by atoms with Crippen LogP contribution in [0.3, 0.4) is 0 Å². The fourth-order valence-electron chi connectivity index (χ4n) is 4.25. The molecule has 1 aliphatic heterocycles. The van der Waals surface area contributed by atoms with Crippen molar-refractivity contribution in [3.8, 4) is 6.07 Å². The topological polar surface area (TPSA) is 137 Å². The van der Waals surface area contributed by atoms with Gasteiger partial charge in [-0.25, -0.2) is 4.39 Å². The van der Waals surface area contributed by atoms with Crippen molar-refractivity contribution in [2.45, 2.75) is 19.8 Å². The minimum Gasteiger partial charge on any atom is -0.353 e. The van der Waals surface area contributed by atoms with E-state index in [9.17, 15) is 25.0 Å². The molecule has 0 saturated carbocycles. The molecule has 0 aromatic heterocycles. The number of nitro groups is 1. The number of rotatable bonds is 8. The van der Waals surface area contributed by atoms with Gasteiger partial charge in [0, 0.05) is 40.3 Å². The third-order valence-corrected chi connectivity index (χ3v) is 7.23. The van der Waals surface area contributed by atoms with E-state index in [4.69, 9.17) is 0 Å². The van der Waals surface area contributed by atoms with E-state index in [0.717, 1.165) is 17.3 Å². The molecular formula is C29H24FN5O4S. The Hall–Kier alpha value is -4.95. The second-order valence-corrected chi connectivity index (χ2v) is 9.87. The number of thioether (sulfide) groups is 1. The predicted octanol–water partition coefficient (Wildman–Crippen LogP) is 5.75. The van der Waals surface area contributed by atoms with Crippen LogP contribution in [0, 0.1) is 34.2 Å². The summed E-state index contributed by atoms with van der Waals surface area (Å²) in [6.07, 6.45) is 0. The number of nitrogens with zero attached hydrogens (tertiary/aromatic N) is 2. The summed E-state index contributed by atoms with van der Waals surface area (Å²) in [7, 11) is 0. The smallest absolute Gasteiger partial charge is 0.269 e. The summed E-state index contributed by atoms with van der Waals surface area (Å²) >= 11 is 1.03. The Bertz CT molecular complexity index is 1590. The van der Waals surface area contributed by atoms with E-state index < -0.39 is 28.5 Å². The molecule has 1 aliphatic rings. The molecule has 202 valence electrons. The zero-order chi connectivity index (χ0) is 28.8. The van der Waals surface area contributed by atoms with Crippen molar-refractivity contribution < 1.29 is 18.9 Å². The van der Waals surface area contributed by atoms with Crippen LogP contribution < -0.4 is 16.0 Å². The molecule has 3 N–H and O–H groups in total. The van der Waals surface area contributed by atoms with Gasteiger partial charge in [0.15, 0.2) is 0 Å². The van der Waals surface area contributed by atoms with E-state index in [1.54, 1.807) is 25.1 Å². The van der Waals surface area contributed by atoms with Gasteiger partial charge >= 0.3 is 0 Å². The SMILES string of the molecule is CC1=C(C(=O)Nc2ccccc2C)C(c2ccccc2F)C(C#N)=C(SCC(=O)Nc2ccc([N+](=O)[O-])cc2)N1. The lowest BCUT2D eigenvalue weighted by Gasteiger charge is -2.30. The number of nitriles is 1. The van der Waals surface area contributed by atoms with Gasteiger partial charge in [0.1, 0.15) is 5.82 Å². The summed E-state index contributed by atoms with van der Waals surface area (Å²) in [5.74, 6) is -2.61. The third-order valence-electron chi connectivity index (χ3n) is 6.21. The van der Waals surface area contributed by atoms with Crippen LogP contribution in [0.1, 0.15) is 24.0 Å². The Morgan fingerprint density at radius 2 is 1.73 bits per heavy atom. The normalized spacial score (nSPS) is 14.7. The number of amides is 2. The molecule has 11 heteroatoms. The first-order valence-corrected chi connectivity index (χ1v) is 13.1. The Kier molecular flexibility index (Phi) is 8.61. The van der Waals surface area contributed by atoms with Gasteiger partial charge in [-0.05, 0) is 43.7 Å². The average molecular weight is 558 g/mol. The Balaban J connectivity index is 1.61. The molecule has 4 rings (SSSR count). The van der Waals surface area contributed by atoms with Crippen molar-refractivity contribution in [3.05, 3.63) is 122 Å². The van der Waals surface area contributed by atoms with Crippen molar-refractivity contribution in [1.82, 2.24) is 5.32 Å². The van der Waals surface area contributed by atoms with E-state index in [2.05, 4.69) is 22.0 Å². The van der Waals surface area contributed by atoms with Crippen LogP contribution >= 0.6 is 11.8 Å². The molecule has 3 aromatic carbocycles. The molecule has 2 amide bonds. The summed E-state index contributed by atoms with van der Waals surface area (Å²) in [5.41, 5.74) is 2.55. The number of nitrogens with one attached hydrogen (secondary N) is 3. The molecular weight excluding hydrogens is 533 g/mol. The Morgan fingerprint density at radius 3 is 2.38 bits per heavy atom. The van der Waals surface area contributed by atoms with Gasteiger partial charge in [-0.15, -0.1) is 0 Å². The molecule has 0 bridgehead atoms. The molecule has 0 aliphatic carbocycles. The van der Waals surface area contributed by atoms with Crippen LogP contribution in [-0.2, 0) is 9.59 Å². The number of hydrogen-bond donors (Lipinski definition) is 3. The second kappa shape index (κ2) is 12.3. The lowest BCUT2D eigenvalue weighted by Crippen LogP contribution is -2.31. The minimum absolute atomic E-state index is 0.0961. The first kappa shape index (κ1) is 28.1. The summed E-state index contributed by atoms with van der Waals surface area (Å²) < 4.78 is 15.1. The number of hydrogen-bond acceptors (Lipinski definition) is 7. The van der Waals surface area contributed by atoms with Crippen LogP contribution in [0.2, 0.25) is 0 Å². The van der Waals surface area contributed by atoms with E-state index in [0.29, 0.717) is 22.1 Å². The number of aryl methyl sites for hydroxylation is 1. The molecule has 1 unspecified atom stereocenters. The highest BCUT2D eigenvalue weighted by molar-refractivity contribution is 8.03. The number of halogens is 1. The fraction of sp³-hybridized carbons (Fsp3) is 0.138. The highest BCUT2D eigenvalue weighted by Crippen LogP contribution is 2.42. The Labute approximate surface area is 233 Å². The zero-order valence-corrected chi connectivity index (χ0v) is 22.3. The van der Waals surface area contributed by atoms with Crippen LogP contribution in [0.4, 0.5) is 21.5 Å². The number of carbonyl (C=O) groups excluding carboxylic acids is 2. The highest BCUT2D eigenvalue weighted by atomic mass is 32.2. The maximum atomic E-state index is 15.1. The van der Waals surface area contributed by atoms with Crippen LogP contribution in [0.15, 0.2) is 94.7 Å². The van der Waals surface area contributed by atoms with Gasteiger partial charge in [-0.3, -0.25) is 19.7 Å². The molecule has 0 saturated heterocycles. The summed E-state index contributed by atoms with van der Waals surface area (Å²) in [6, 6.07) is 20.7. The van der Waals surface area contributed by atoms with Gasteiger partial charge in [-0.1, -0.05) is 48.2 Å². The van der Waals surface area contributed by atoms with Crippen molar-refractivity contribution in [2.75, 3.05) is 16.4 Å². The zero-order valence-electron chi connectivity index (χ0n) is 21.5. The number of non-ortho nitro benzene ring substituents is 1. The number of anilines is 2. The third kappa shape index (κ3) is 6.19. The molecule has 3 aromatic rings. The summed E-state index contributed by atoms with van der Waals surface area (Å²) in [4.78, 5) is 36.5. The average Bonchev–Trinajstić information content (AvgIpc) is 2.93. The summed E-state index contributed by atoms with van der Waals surface area (Å²) in [6.45, 7) is 3.51. The molecule has 0 radical (unpaired) electrons. The van der Waals surface area contributed by atoms with Crippen molar-refractivity contribution in [1.29, 1.82) is 5.26 Å². The van der Waals surface area contributed by atoms with Gasteiger partial charge in [0.25, 0.3) is 11.6 Å². The maximum absolute atomic E-state index is 15.1. The second-order valence-electron chi connectivity index (χ2n) is 8.88. The first-order valence-electron chi connectivity index (χ1n) is 12.1. The van der Waals surface area contributed by atoms with Crippen LogP contribution in [-0.4, -0.2) is 22.5 Å². The molecule has 0 fully saturated rings. The van der Waals surface area contributed by atoms with Gasteiger partial charge in [-0.2, -0.15) is 5.26 Å². The standard InChI is InChI=1S/C29H24FN5O4S/c1-17-7-3-6-10-24(17)34-28(37)26-18(2)32-29(22(15-31)27(26)21-8-4-5-9-23(21)30)40-16-25(36)33-19-11-13-20(14-12-19)35(38)39/h3-14,27,32H,16H2,1-2H3,(H,33,36)(H,34,37). The molecule has 0 spiro atoms. The fourth-order valence-corrected chi connectivity index (χ4v) is 5.14. The lowest BCUT2D eigenvalue weighted by atomic mass is 9.82. The number of allylic oxidation sites excluding steroid dienone is 2. The largest absolute Gasteiger partial charge is 0.353 e. The molecule has 9 nitrogen and oxygen atoms in total. The Morgan fingerprint density at radius 1 is 1.05 bits per heavy atom. The summed E-state index contributed by atoms with van der Waals surface area (Å²) in [5, 5.41) is 29.9. The molecule has 1 atom stereocenters. The van der Waals surface area contributed by atoms with E-state index >= 15 is 4.39 Å². The lowest BCUT2D eigenvalue weighted by molar-refractivity contribution is -0.384. The van der Waals surface area contributed by atoms with Gasteiger partial charge in [0.2, 0.25) is 5.91 Å². The van der Waals surface area contributed by atoms with Crippen molar-refractivity contribution in [3.63, 3.8) is 0 Å². The van der Waals surface area contributed by atoms with Crippen LogP contribution in [0.25, 0.3) is 0 Å². The number of para-hydroxylation sites is 1. The number of benzene rings is 3. The first-order chi connectivity index (χ1) is 19.2. The number of dihydropyridines is 1. The van der Waals surface area contributed by atoms with E-state index in [-0.39, 0.29) is 28.1 Å². The van der Waals surface area contributed by atoms with E-state index in [1.165, 1.54) is 42.5 Å². The van der Waals surface area contributed by atoms with Gasteiger partial charge in [0.05, 0.1) is 33.3 Å². The molecule has 40 heavy (non-hydrogen) atoms. The van der Waals surface area contributed by atoms with Gasteiger partial charge < -0.3 is 16.0 Å². The monoisotopic (exact) mass is 557 g/mol. The van der Waals surface area contributed by atoms with Crippen molar-refractivity contribution >= 4 is 40.6 Å². The molecule has 1 heterocycles. The van der Waals surface area contributed by atoms with Crippen LogP contribution in [0.5, 0.6) is 0 Å². The quantitative estimate of drug-likeness (QED) is 0.237. The maximum Gasteiger partial charge on any atom is 0.269 e. The van der Waals surface area contributed by atoms with E-state index in [1.807, 2.05) is 19.1 Å². The minimum atomic E-state index is -1.02. The number of nitro benzene ring substituents is 1. The van der Waals surface area contributed by atoms with Crippen molar-refractivity contribution in [2.24, 2.45) is 0 Å². The highest BCUT2D eigenvalue weighted by Gasteiger charge is 2.36. The number of carbonyl (C=O) groups is 2.